The monoisotopic (exact) mass is 200 g/mol. The third kappa shape index (κ3) is 4.21. The summed E-state index contributed by atoms with van der Waals surface area (Å²) in [5.74, 6) is 0. The summed E-state index contributed by atoms with van der Waals surface area (Å²) in [4.78, 5) is 13.3. The molecule has 0 spiro atoms. The second-order valence-electron chi connectivity index (χ2n) is 3.24. The minimum absolute atomic E-state index is 0.555. The second-order valence-corrected chi connectivity index (χ2v) is 3.24. The SMILES string of the molecule is N#Cc1ccc(CCCCN=C=O)cc1. The number of hydrogen-bond donors (Lipinski definition) is 0. The number of rotatable bonds is 5. The second kappa shape index (κ2) is 6.53. The summed E-state index contributed by atoms with van der Waals surface area (Å²) in [6.07, 6.45) is 4.37. The molecule has 0 aliphatic carbocycles. The van der Waals surface area contributed by atoms with Crippen LogP contribution in [0.3, 0.4) is 0 Å². The summed E-state index contributed by atoms with van der Waals surface area (Å²) in [5.41, 5.74) is 1.90. The van der Waals surface area contributed by atoms with Crippen LogP contribution in [0.2, 0.25) is 0 Å². The van der Waals surface area contributed by atoms with Crippen molar-refractivity contribution in [2.75, 3.05) is 6.54 Å². The van der Waals surface area contributed by atoms with E-state index in [9.17, 15) is 4.79 Å². The van der Waals surface area contributed by atoms with E-state index in [1.807, 2.05) is 24.3 Å². The molecule has 3 nitrogen and oxygen atoms in total. The molecule has 0 bridgehead atoms. The van der Waals surface area contributed by atoms with Crippen molar-refractivity contribution in [1.29, 1.82) is 5.26 Å². The fraction of sp³-hybridized carbons (Fsp3) is 0.333. The van der Waals surface area contributed by atoms with E-state index >= 15 is 0 Å². The van der Waals surface area contributed by atoms with E-state index in [1.54, 1.807) is 0 Å². The lowest BCUT2D eigenvalue weighted by Crippen LogP contribution is -1.88. The zero-order valence-electron chi connectivity index (χ0n) is 8.44. The van der Waals surface area contributed by atoms with E-state index in [2.05, 4.69) is 11.1 Å². The van der Waals surface area contributed by atoms with Gasteiger partial charge in [-0.2, -0.15) is 5.26 Å². The number of isocyanates is 1. The van der Waals surface area contributed by atoms with Crippen molar-refractivity contribution in [1.82, 2.24) is 0 Å². The Labute approximate surface area is 89.1 Å². The normalized spacial score (nSPS) is 9.00. The van der Waals surface area contributed by atoms with Crippen LogP contribution in [0.1, 0.15) is 24.0 Å². The Morgan fingerprint density at radius 2 is 1.93 bits per heavy atom. The summed E-state index contributed by atoms with van der Waals surface area (Å²) in [6.45, 7) is 0.555. The van der Waals surface area contributed by atoms with Gasteiger partial charge in [0, 0.05) is 0 Å². The molecule has 0 saturated carbocycles. The minimum atomic E-state index is 0.555. The summed E-state index contributed by atoms with van der Waals surface area (Å²) >= 11 is 0. The highest BCUT2D eigenvalue weighted by Crippen LogP contribution is 2.07. The van der Waals surface area contributed by atoms with Crippen molar-refractivity contribution in [2.45, 2.75) is 19.3 Å². The quantitative estimate of drug-likeness (QED) is 0.415. The molecular formula is C12H12N2O. The summed E-state index contributed by atoms with van der Waals surface area (Å²) in [5, 5.41) is 8.60. The Balaban J connectivity index is 2.32. The maximum atomic E-state index is 9.79. The summed E-state index contributed by atoms with van der Waals surface area (Å²) < 4.78 is 0. The minimum Gasteiger partial charge on any atom is -0.211 e. The number of unbranched alkanes of at least 4 members (excludes halogenated alkanes) is 1. The van der Waals surface area contributed by atoms with Gasteiger partial charge in [0.05, 0.1) is 18.2 Å². The van der Waals surface area contributed by atoms with Crippen molar-refractivity contribution in [3.05, 3.63) is 35.4 Å². The molecule has 3 heteroatoms. The van der Waals surface area contributed by atoms with Crippen LogP contribution >= 0.6 is 0 Å². The van der Waals surface area contributed by atoms with E-state index in [0.717, 1.165) is 19.3 Å². The first-order chi connectivity index (χ1) is 7.36. The van der Waals surface area contributed by atoms with Crippen LogP contribution < -0.4 is 0 Å². The Morgan fingerprint density at radius 1 is 1.20 bits per heavy atom. The predicted octanol–water partition coefficient (Wildman–Crippen LogP) is 2.22. The van der Waals surface area contributed by atoms with Crippen molar-refractivity contribution < 1.29 is 4.79 Å². The number of nitrogens with zero attached hydrogens (tertiary/aromatic N) is 2. The average molecular weight is 200 g/mol. The molecule has 1 rings (SSSR count). The van der Waals surface area contributed by atoms with Crippen molar-refractivity contribution >= 4 is 6.08 Å². The van der Waals surface area contributed by atoms with Crippen LogP contribution in [0, 0.1) is 11.3 Å². The van der Waals surface area contributed by atoms with Gasteiger partial charge in [0.15, 0.2) is 0 Å². The molecule has 0 saturated heterocycles. The summed E-state index contributed by atoms with van der Waals surface area (Å²) in [7, 11) is 0. The van der Waals surface area contributed by atoms with Gasteiger partial charge < -0.3 is 0 Å². The molecule has 1 aromatic carbocycles. The van der Waals surface area contributed by atoms with Gasteiger partial charge in [0.2, 0.25) is 6.08 Å². The lowest BCUT2D eigenvalue weighted by atomic mass is 10.1. The highest BCUT2D eigenvalue weighted by Gasteiger charge is 1.94. The third-order valence-electron chi connectivity index (χ3n) is 2.13. The standard InChI is InChI=1S/C12H12N2O/c13-9-12-6-4-11(5-7-12)3-1-2-8-14-10-15/h4-7H,1-3,8H2. The van der Waals surface area contributed by atoms with Crippen LogP contribution in [0.15, 0.2) is 29.3 Å². The Hall–Kier alpha value is -1.91. The molecule has 0 amide bonds. The van der Waals surface area contributed by atoms with Gasteiger partial charge in [-0.3, -0.25) is 0 Å². The van der Waals surface area contributed by atoms with Crippen LogP contribution in [-0.4, -0.2) is 12.6 Å². The number of benzene rings is 1. The number of carbonyl (C=O) groups excluding carboxylic acids is 1. The third-order valence-corrected chi connectivity index (χ3v) is 2.13. The van der Waals surface area contributed by atoms with E-state index in [-0.39, 0.29) is 0 Å². The first-order valence-electron chi connectivity index (χ1n) is 4.89. The van der Waals surface area contributed by atoms with Crippen LogP contribution in [-0.2, 0) is 11.2 Å². The van der Waals surface area contributed by atoms with E-state index in [1.165, 1.54) is 11.6 Å². The molecule has 76 valence electrons. The Kier molecular flexibility index (Phi) is 4.86. The molecule has 0 fully saturated rings. The fourth-order valence-corrected chi connectivity index (χ4v) is 1.31. The highest BCUT2D eigenvalue weighted by molar-refractivity contribution is 5.32. The summed E-state index contributed by atoms with van der Waals surface area (Å²) in [6, 6.07) is 9.64. The lowest BCUT2D eigenvalue weighted by molar-refractivity contribution is 0.562. The maximum absolute atomic E-state index is 9.79. The topological polar surface area (TPSA) is 53.2 Å². The Bertz CT molecular complexity index is 383. The van der Waals surface area contributed by atoms with Crippen LogP contribution in [0.25, 0.3) is 0 Å². The van der Waals surface area contributed by atoms with Gasteiger partial charge in [-0.15, -0.1) is 0 Å². The molecule has 15 heavy (non-hydrogen) atoms. The molecule has 0 radical (unpaired) electrons. The smallest absolute Gasteiger partial charge is 0.211 e. The van der Waals surface area contributed by atoms with Gasteiger partial charge in [-0.05, 0) is 37.0 Å². The predicted molar refractivity (Wildman–Crippen MR) is 57.1 cm³/mol. The number of nitriles is 1. The van der Waals surface area contributed by atoms with Crippen LogP contribution in [0.5, 0.6) is 0 Å². The number of aliphatic imine (C=N–C) groups is 1. The molecule has 0 N–H and O–H groups in total. The van der Waals surface area contributed by atoms with Gasteiger partial charge in [0.25, 0.3) is 0 Å². The number of aryl methyl sites for hydroxylation is 1. The first kappa shape index (κ1) is 11.2. The van der Waals surface area contributed by atoms with E-state index < -0.39 is 0 Å². The van der Waals surface area contributed by atoms with Gasteiger partial charge in [-0.1, -0.05) is 12.1 Å². The molecule has 0 heterocycles. The fourth-order valence-electron chi connectivity index (χ4n) is 1.31. The molecule has 0 atom stereocenters. The van der Waals surface area contributed by atoms with Gasteiger partial charge in [-0.25, -0.2) is 9.79 Å². The largest absolute Gasteiger partial charge is 0.234 e. The molecule has 0 aromatic heterocycles. The van der Waals surface area contributed by atoms with Crippen molar-refractivity contribution in [2.24, 2.45) is 4.99 Å². The molecule has 0 unspecified atom stereocenters. The van der Waals surface area contributed by atoms with Crippen LogP contribution in [0.4, 0.5) is 0 Å². The first-order valence-corrected chi connectivity index (χ1v) is 4.89. The van der Waals surface area contributed by atoms with Crippen molar-refractivity contribution in [3.63, 3.8) is 0 Å². The molecule has 0 aliphatic rings. The highest BCUT2D eigenvalue weighted by atomic mass is 16.1. The van der Waals surface area contributed by atoms with Gasteiger partial charge >= 0.3 is 0 Å². The lowest BCUT2D eigenvalue weighted by Gasteiger charge is -1.99. The molecule has 0 aliphatic heterocycles. The van der Waals surface area contributed by atoms with E-state index in [0.29, 0.717) is 12.1 Å². The van der Waals surface area contributed by atoms with E-state index in [4.69, 9.17) is 5.26 Å². The zero-order chi connectivity index (χ0) is 10.9. The zero-order valence-corrected chi connectivity index (χ0v) is 8.44. The van der Waals surface area contributed by atoms with Gasteiger partial charge in [0.1, 0.15) is 0 Å². The maximum Gasteiger partial charge on any atom is 0.234 e. The van der Waals surface area contributed by atoms with Crippen molar-refractivity contribution in [3.8, 4) is 6.07 Å². The molecule has 1 aromatic rings. The average Bonchev–Trinajstić information content (AvgIpc) is 2.30. The number of hydrogen-bond acceptors (Lipinski definition) is 3. The molecular weight excluding hydrogens is 188 g/mol. The Morgan fingerprint density at radius 3 is 2.53 bits per heavy atom.